The van der Waals surface area contributed by atoms with E-state index in [4.69, 9.17) is 10.5 Å². The van der Waals surface area contributed by atoms with Crippen LogP contribution >= 0.6 is 0 Å². The Morgan fingerprint density at radius 1 is 0.947 bits per heavy atom. The molecule has 2 rings (SSSR count). The quantitative estimate of drug-likeness (QED) is 0.837. The van der Waals surface area contributed by atoms with Crippen LogP contribution in [0.3, 0.4) is 0 Å². The lowest BCUT2D eigenvalue weighted by molar-refractivity contribution is 0.919. The Kier molecular flexibility index (Phi) is 3.81. The summed E-state index contributed by atoms with van der Waals surface area (Å²) in [6.07, 6.45) is 0. The number of hydrogen-bond donors (Lipinski definition) is 0. The molecule has 0 spiro atoms. The van der Waals surface area contributed by atoms with Crippen LogP contribution in [0.5, 0.6) is 0 Å². The molecule has 0 aromatic heterocycles. The minimum Gasteiger partial charge on any atom is -0.370 e. The Morgan fingerprint density at radius 2 is 1.63 bits per heavy atom. The second-order valence-electron chi connectivity index (χ2n) is 4.28. The van der Waals surface area contributed by atoms with Gasteiger partial charge in [0.2, 0.25) is 0 Å². The van der Waals surface area contributed by atoms with Crippen LogP contribution in [0.25, 0.3) is 0 Å². The smallest absolute Gasteiger partial charge is 0.0995 e. The topological polar surface area (TPSA) is 50.8 Å². The van der Waals surface area contributed by atoms with Crippen LogP contribution in [0.15, 0.2) is 48.5 Å². The van der Waals surface area contributed by atoms with E-state index in [1.54, 1.807) is 12.1 Å². The summed E-state index contributed by atoms with van der Waals surface area (Å²) in [6, 6.07) is 19.3. The highest BCUT2D eigenvalue weighted by atomic mass is 15.1. The van der Waals surface area contributed by atoms with Gasteiger partial charge in [0.15, 0.2) is 0 Å². The first-order valence-electron chi connectivity index (χ1n) is 5.94. The highest BCUT2D eigenvalue weighted by molar-refractivity contribution is 5.50. The molecule has 0 saturated carbocycles. The maximum Gasteiger partial charge on any atom is 0.0995 e. The number of rotatable bonds is 3. The van der Waals surface area contributed by atoms with Gasteiger partial charge < -0.3 is 4.90 Å². The SMILES string of the molecule is CN(Cc1ccccc1C#N)c1ccc(C#N)cc1. The van der Waals surface area contributed by atoms with Gasteiger partial charge in [-0.25, -0.2) is 0 Å². The van der Waals surface area contributed by atoms with Crippen LogP contribution in [-0.4, -0.2) is 7.05 Å². The lowest BCUT2D eigenvalue weighted by atomic mass is 10.1. The molecule has 0 N–H and O–H groups in total. The summed E-state index contributed by atoms with van der Waals surface area (Å²) in [5.41, 5.74) is 3.36. The Labute approximate surface area is 112 Å². The molecule has 0 bridgehead atoms. The molecule has 0 atom stereocenters. The zero-order chi connectivity index (χ0) is 13.7. The summed E-state index contributed by atoms with van der Waals surface area (Å²) in [5.74, 6) is 0. The van der Waals surface area contributed by atoms with E-state index in [-0.39, 0.29) is 0 Å². The molecule has 0 radical (unpaired) electrons. The van der Waals surface area contributed by atoms with Gasteiger partial charge in [-0.05, 0) is 35.9 Å². The van der Waals surface area contributed by atoms with Gasteiger partial charge in [0.1, 0.15) is 0 Å². The number of nitriles is 2. The van der Waals surface area contributed by atoms with Crippen molar-refractivity contribution in [2.45, 2.75) is 6.54 Å². The molecule has 0 fully saturated rings. The number of anilines is 1. The van der Waals surface area contributed by atoms with Gasteiger partial charge in [-0.1, -0.05) is 18.2 Å². The summed E-state index contributed by atoms with van der Waals surface area (Å²) in [5, 5.41) is 17.8. The highest BCUT2D eigenvalue weighted by Crippen LogP contribution is 2.17. The monoisotopic (exact) mass is 247 g/mol. The van der Waals surface area contributed by atoms with E-state index in [1.165, 1.54) is 0 Å². The normalized spacial score (nSPS) is 9.42. The van der Waals surface area contributed by atoms with E-state index < -0.39 is 0 Å². The Balaban J connectivity index is 2.19. The molecule has 0 heterocycles. The van der Waals surface area contributed by atoms with E-state index in [1.807, 2.05) is 43.4 Å². The van der Waals surface area contributed by atoms with Gasteiger partial charge in [0.05, 0.1) is 23.3 Å². The van der Waals surface area contributed by atoms with Crippen molar-refractivity contribution < 1.29 is 0 Å². The van der Waals surface area contributed by atoms with Crippen molar-refractivity contribution >= 4 is 5.69 Å². The molecule has 3 heteroatoms. The van der Waals surface area contributed by atoms with Gasteiger partial charge >= 0.3 is 0 Å². The Bertz CT molecular complexity index is 645. The van der Waals surface area contributed by atoms with E-state index >= 15 is 0 Å². The summed E-state index contributed by atoms with van der Waals surface area (Å²) >= 11 is 0. The zero-order valence-electron chi connectivity index (χ0n) is 10.7. The van der Waals surface area contributed by atoms with Crippen LogP contribution in [-0.2, 0) is 6.54 Å². The average molecular weight is 247 g/mol. The standard InChI is InChI=1S/C16H13N3/c1-19(16-8-6-13(10-17)7-9-16)12-15-5-3-2-4-14(15)11-18/h2-9H,12H2,1H3. The fraction of sp³-hybridized carbons (Fsp3) is 0.125. The molecule has 0 aliphatic carbocycles. The molecule has 0 amide bonds. The average Bonchev–Trinajstić information content (AvgIpc) is 2.48. The van der Waals surface area contributed by atoms with Crippen LogP contribution in [0.1, 0.15) is 16.7 Å². The fourth-order valence-electron chi connectivity index (χ4n) is 1.90. The summed E-state index contributed by atoms with van der Waals surface area (Å²) in [6.45, 7) is 0.662. The van der Waals surface area contributed by atoms with E-state index in [0.29, 0.717) is 17.7 Å². The number of hydrogen-bond acceptors (Lipinski definition) is 3. The first kappa shape index (κ1) is 12.7. The third kappa shape index (κ3) is 2.91. The maximum atomic E-state index is 9.07. The minimum atomic E-state index is 0.648. The third-order valence-corrected chi connectivity index (χ3v) is 2.98. The van der Waals surface area contributed by atoms with Gasteiger partial charge in [-0.3, -0.25) is 0 Å². The molecule has 0 unspecified atom stereocenters. The van der Waals surface area contributed by atoms with Crippen molar-refractivity contribution in [3.05, 3.63) is 65.2 Å². The fourth-order valence-corrected chi connectivity index (χ4v) is 1.90. The van der Waals surface area contributed by atoms with Gasteiger partial charge in [-0.2, -0.15) is 10.5 Å². The van der Waals surface area contributed by atoms with E-state index in [2.05, 4.69) is 17.0 Å². The predicted molar refractivity (Wildman–Crippen MR) is 74.4 cm³/mol. The maximum absolute atomic E-state index is 9.07. The molecule has 92 valence electrons. The lowest BCUT2D eigenvalue weighted by Crippen LogP contribution is -2.17. The minimum absolute atomic E-state index is 0.648. The zero-order valence-corrected chi connectivity index (χ0v) is 10.7. The molecule has 0 saturated heterocycles. The largest absolute Gasteiger partial charge is 0.370 e. The second kappa shape index (κ2) is 5.71. The number of benzene rings is 2. The summed E-state index contributed by atoms with van der Waals surface area (Å²) < 4.78 is 0. The van der Waals surface area contributed by atoms with Crippen LogP contribution < -0.4 is 4.90 Å². The van der Waals surface area contributed by atoms with Gasteiger partial charge in [0.25, 0.3) is 0 Å². The lowest BCUT2D eigenvalue weighted by Gasteiger charge is -2.20. The molecule has 0 aliphatic heterocycles. The molecular formula is C16H13N3. The molecule has 2 aromatic rings. The molecular weight excluding hydrogens is 234 g/mol. The summed E-state index contributed by atoms with van der Waals surface area (Å²) in [7, 11) is 1.97. The number of nitrogens with zero attached hydrogens (tertiary/aromatic N) is 3. The van der Waals surface area contributed by atoms with Crippen molar-refractivity contribution in [2.24, 2.45) is 0 Å². The Hall–Kier alpha value is -2.78. The first-order chi connectivity index (χ1) is 9.24. The first-order valence-corrected chi connectivity index (χ1v) is 5.94. The second-order valence-corrected chi connectivity index (χ2v) is 4.28. The molecule has 3 nitrogen and oxygen atoms in total. The van der Waals surface area contributed by atoms with Gasteiger partial charge in [0, 0.05) is 19.3 Å². The van der Waals surface area contributed by atoms with E-state index in [9.17, 15) is 0 Å². The molecule has 19 heavy (non-hydrogen) atoms. The molecule has 2 aromatic carbocycles. The highest BCUT2D eigenvalue weighted by Gasteiger charge is 2.05. The van der Waals surface area contributed by atoms with Crippen molar-refractivity contribution in [1.82, 2.24) is 0 Å². The van der Waals surface area contributed by atoms with Crippen LogP contribution in [0.4, 0.5) is 5.69 Å². The summed E-state index contributed by atoms with van der Waals surface area (Å²) in [4.78, 5) is 2.05. The van der Waals surface area contributed by atoms with Gasteiger partial charge in [-0.15, -0.1) is 0 Å². The van der Waals surface area contributed by atoms with Crippen LogP contribution in [0, 0.1) is 22.7 Å². The van der Waals surface area contributed by atoms with Crippen molar-refractivity contribution in [1.29, 1.82) is 10.5 Å². The third-order valence-electron chi connectivity index (χ3n) is 2.98. The van der Waals surface area contributed by atoms with Crippen molar-refractivity contribution in [2.75, 3.05) is 11.9 Å². The van der Waals surface area contributed by atoms with Crippen molar-refractivity contribution in [3.63, 3.8) is 0 Å². The van der Waals surface area contributed by atoms with Crippen molar-refractivity contribution in [3.8, 4) is 12.1 Å². The van der Waals surface area contributed by atoms with E-state index in [0.717, 1.165) is 11.3 Å². The Morgan fingerprint density at radius 3 is 2.26 bits per heavy atom. The van der Waals surface area contributed by atoms with Crippen LogP contribution in [0.2, 0.25) is 0 Å². The predicted octanol–water partition coefficient (Wildman–Crippen LogP) is 3.07. The molecule has 0 aliphatic rings.